The number of carbonyl (C=O) groups is 1. The van der Waals surface area contributed by atoms with Gasteiger partial charge in [-0.1, -0.05) is 50.1 Å². The van der Waals surface area contributed by atoms with E-state index in [1.54, 1.807) is 13.3 Å². The molecule has 1 amide bonds. The number of nitrogens with zero attached hydrogens (tertiary/aromatic N) is 2. The van der Waals surface area contributed by atoms with Crippen molar-refractivity contribution in [3.05, 3.63) is 70.6 Å². The molecule has 6 nitrogen and oxygen atoms in total. The van der Waals surface area contributed by atoms with E-state index in [1.807, 2.05) is 55.5 Å². The van der Waals surface area contributed by atoms with Crippen LogP contribution >= 0.6 is 0 Å². The van der Waals surface area contributed by atoms with Gasteiger partial charge in [-0.2, -0.15) is 5.10 Å². The highest BCUT2D eigenvalue weighted by molar-refractivity contribution is 5.89. The van der Waals surface area contributed by atoms with Gasteiger partial charge in [-0.15, -0.1) is 0 Å². The number of carbonyl (C=O) groups excluding carboxylic acids is 1. The number of fused-ring (bicyclic) bond motifs is 1. The molecular weight excluding hydrogens is 390 g/mol. The summed E-state index contributed by atoms with van der Waals surface area (Å²) in [5.74, 6) is 0.821. The monoisotopic (exact) mass is 419 g/mol. The van der Waals surface area contributed by atoms with Gasteiger partial charge in [0.05, 0.1) is 30.7 Å². The number of rotatable bonds is 7. The number of ether oxygens (including phenoxy) is 1. The molecule has 162 valence electrons. The molecule has 1 aliphatic carbocycles. The predicted molar refractivity (Wildman–Crippen MR) is 121 cm³/mol. The average Bonchev–Trinajstić information content (AvgIpc) is 3.32. The fourth-order valence-corrected chi connectivity index (χ4v) is 4.60. The Morgan fingerprint density at radius 2 is 1.87 bits per heavy atom. The van der Waals surface area contributed by atoms with Gasteiger partial charge in [0, 0.05) is 11.4 Å². The van der Waals surface area contributed by atoms with E-state index in [4.69, 9.17) is 4.74 Å². The summed E-state index contributed by atoms with van der Waals surface area (Å²) in [6, 6.07) is 15.1. The Balaban J connectivity index is 1.56. The third-order valence-electron chi connectivity index (χ3n) is 6.52. The van der Waals surface area contributed by atoms with Crippen LogP contribution in [0.25, 0.3) is 10.8 Å². The van der Waals surface area contributed by atoms with Gasteiger partial charge < -0.3 is 10.1 Å². The second-order valence-corrected chi connectivity index (χ2v) is 8.32. The van der Waals surface area contributed by atoms with E-state index in [0.717, 1.165) is 42.4 Å². The zero-order valence-corrected chi connectivity index (χ0v) is 18.1. The first-order valence-electron chi connectivity index (χ1n) is 11.0. The van der Waals surface area contributed by atoms with Crippen molar-refractivity contribution in [3.8, 4) is 5.75 Å². The van der Waals surface area contributed by atoms with Crippen LogP contribution in [0.4, 0.5) is 0 Å². The van der Waals surface area contributed by atoms with Crippen molar-refractivity contribution in [2.45, 2.75) is 57.0 Å². The summed E-state index contributed by atoms with van der Waals surface area (Å²) in [5.41, 5.74) is 0.372. The highest BCUT2D eigenvalue weighted by atomic mass is 16.5. The Bertz CT molecular complexity index is 1110. The zero-order chi connectivity index (χ0) is 21.8. The van der Waals surface area contributed by atoms with E-state index < -0.39 is 5.41 Å². The van der Waals surface area contributed by atoms with Crippen molar-refractivity contribution >= 4 is 16.7 Å². The molecular formula is C25H29N3O3. The van der Waals surface area contributed by atoms with Gasteiger partial charge >= 0.3 is 0 Å². The third-order valence-corrected chi connectivity index (χ3v) is 6.52. The first-order chi connectivity index (χ1) is 15.1. The molecule has 1 N–H and O–H groups in total. The minimum atomic E-state index is -0.526. The van der Waals surface area contributed by atoms with Gasteiger partial charge in [-0.25, -0.2) is 4.68 Å². The summed E-state index contributed by atoms with van der Waals surface area (Å²) in [7, 11) is 1.64. The second kappa shape index (κ2) is 8.92. The minimum absolute atomic E-state index is 0.0378. The first kappa shape index (κ1) is 21.1. The van der Waals surface area contributed by atoms with Gasteiger partial charge in [-0.05, 0) is 43.0 Å². The Labute approximate surface area is 182 Å². The summed E-state index contributed by atoms with van der Waals surface area (Å²) in [5, 5.41) is 9.03. The van der Waals surface area contributed by atoms with Gasteiger partial charge in [0.2, 0.25) is 5.91 Å². The predicted octanol–water partition coefficient (Wildman–Crippen LogP) is 3.81. The van der Waals surface area contributed by atoms with Gasteiger partial charge in [0.25, 0.3) is 5.56 Å². The molecule has 0 aliphatic heterocycles. The molecule has 1 aliphatic rings. The van der Waals surface area contributed by atoms with Gasteiger partial charge in [0.15, 0.2) is 0 Å². The maximum absolute atomic E-state index is 13.5. The molecule has 1 atom stereocenters. The smallest absolute Gasteiger partial charge is 0.274 e. The largest absolute Gasteiger partial charge is 0.497 e. The number of aromatic nitrogens is 2. The van der Waals surface area contributed by atoms with Crippen molar-refractivity contribution in [3.63, 3.8) is 0 Å². The van der Waals surface area contributed by atoms with Crippen molar-refractivity contribution in [1.29, 1.82) is 0 Å². The highest BCUT2D eigenvalue weighted by Crippen LogP contribution is 2.42. The normalized spacial score (nSPS) is 16.2. The van der Waals surface area contributed by atoms with Crippen LogP contribution in [0.3, 0.4) is 0 Å². The molecule has 0 unspecified atom stereocenters. The van der Waals surface area contributed by atoms with E-state index in [1.165, 1.54) is 4.68 Å². The van der Waals surface area contributed by atoms with E-state index in [9.17, 15) is 9.59 Å². The second-order valence-electron chi connectivity index (χ2n) is 8.32. The molecule has 3 aromatic rings. The fourth-order valence-electron chi connectivity index (χ4n) is 4.60. The lowest BCUT2D eigenvalue weighted by atomic mass is 9.77. The van der Waals surface area contributed by atoms with Crippen molar-refractivity contribution in [1.82, 2.24) is 15.1 Å². The van der Waals surface area contributed by atoms with Crippen LogP contribution in [0.1, 0.15) is 44.6 Å². The molecule has 0 spiro atoms. The van der Waals surface area contributed by atoms with Crippen LogP contribution in [-0.4, -0.2) is 28.8 Å². The van der Waals surface area contributed by atoms with E-state index >= 15 is 0 Å². The van der Waals surface area contributed by atoms with E-state index in [2.05, 4.69) is 10.4 Å². The third kappa shape index (κ3) is 4.07. The maximum Gasteiger partial charge on any atom is 0.274 e. The molecule has 1 saturated carbocycles. The van der Waals surface area contributed by atoms with Crippen LogP contribution in [0, 0.1) is 0 Å². The average molecular weight is 420 g/mol. The van der Waals surface area contributed by atoms with Crippen LogP contribution in [0.5, 0.6) is 5.75 Å². The Morgan fingerprint density at radius 3 is 2.55 bits per heavy atom. The Kier molecular flexibility index (Phi) is 6.07. The number of methoxy groups -OCH3 is 1. The molecule has 0 bridgehead atoms. The number of hydrogen-bond donors (Lipinski definition) is 1. The first-order valence-corrected chi connectivity index (χ1v) is 11.0. The lowest BCUT2D eigenvalue weighted by molar-refractivity contribution is -0.127. The van der Waals surface area contributed by atoms with Crippen LogP contribution < -0.4 is 15.6 Å². The lowest BCUT2D eigenvalue weighted by Crippen LogP contribution is -2.49. The Morgan fingerprint density at radius 1 is 1.16 bits per heavy atom. The molecule has 0 saturated heterocycles. The van der Waals surface area contributed by atoms with Gasteiger partial charge in [-0.3, -0.25) is 9.59 Å². The standard InChI is InChI=1S/C25H29N3O3/c1-3-20(17-28-23(29)22-9-5-4-8-18(22)16-26-28)27-24(30)25(14-6-7-15-25)19-10-12-21(31-2)13-11-19/h4-5,8-13,16,20H,3,6-7,14-15,17H2,1-2H3,(H,27,30)/t20-/m0/s1. The SMILES string of the molecule is CC[C@@H](Cn1ncc2ccccc2c1=O)NC(=O)C1(c2ccc(OC)cc2)CCCC1. The van der Waals surface area contributed by atoms with Gasteiger partial charge in [0.1, 0.15) is 5.75 Å². The summed E-state index contributed by atoms with van der Waals surface area (Å²) < 4.78 is 6.74. The molecule has 31 heavy (non-hydrogen) atoms. The molecule has 0 radical (unpaired) electrons. The Hall–Kier alpha value is -3.15. The quantitative estimate of drug-likeness (QED) is 0.632. The maximum atomic E-state index is 13.5. The summed E-state index contributed by atoms with van der Waals surface area (Å²) in [6.45, 7) is 2.37. The van der Waals surface area contributed by atoms with E-state index in [0.29, 0.717) is 18.4 Å². The number of amides is 1. The molecule has 1 heterocycles. The van der Waals surface area contributed by atoms with Crippen molar-refractivity contribution in [2.24, 2.45) is 0 Å². The number of hydrogen-bond acceptors (Lipinski definition) is 4. The fraction of sp³-hybridized carbons (Fsp3) is 0.400. The molecule has 4 rings (SSSR count). The molecule has 2 aromatic carbocycles. The van der Waals surface area contributed by atoms with Crippen LogP contribution in [-0.2, 0) is 16.8 Å². The molecule has 1 fully saturated rings. The van der Waals surface area contributed by atoms with Crippen LogP contribution in [0.2, 0.25) is 0 Å². The van der Waals surface area contributed by atoms with Crippen molar-refractivity contribution in [2.75, 3.05) is 7.11 Å². The van der Waals surface area contributed by atoms with E-state index in [-0.39, 0.29) is 17.5 Å². The topological polar surface area (TPSA) is 73.2 Å². The summed E-state index contributed by atoms with van der Waals surface area (Å²) in [6.07, 6.45) is 6.14. The zero-order valence-electron chi connectivity index (χ0n) is 18.1. The summed E-state index contributed by atoms with van der Waals surface area (Å²) in [4.78, 5) is 26.4. The summed E-state index contributed by atoms with van der Waals surface area (Å²) >= 11 is 0. The molecule has 1 aromatic heterocycles. The highest BCUT2D eigenvalue weighted by Gasteiger charge is 2.43. The van der Waals surface area contributed by atoms with Crippen molar-refractivity contribution < 1.29 is 9.53 Å². The molecule has 6 heteroatoms. The van der Waals surface area contributed by atoms with Crippen LogP contribution in [0.15, 0.2) is 59.5 Å². The number of nitrogens with one attached hydrogen (secondary N) is 1. The number of benzene rings is 2. The minimum Gasteiger partial charge on any atom is -0.497 e. The lowest BCUT2D eigenvalue weighted by Gasteiger charge is -2.31.